The molecule has 2 aromatic rings. The summed E-state index contributed by atoms with van der Waals surface area (Å²) in [6.07, 6.45) is 0. The van der Waals surface area contributed by atoms with Crippen LogP contribution in [0.25, 0.3) is 11.1 Å². The first-order valence-corrected chi connectivity index (χ1v) is 7.09. The molecule has 3 nitrogen and oxygen atoms in total. The third kappa shape index (κ3) is 1.69. The molecule has 1 aliphatic carbocycles. The van der Waals surface area contributed by atoms with Crippen molar-refractivity contribution in [2.24, 2.45) is 0 Å². The molecule has 1 aliphatic rings. The quantitative estimate of drug-likeness (QED) is 0.424. The number of fused-ring (bicyclic) bond motifs is 3. The smallest absolute Gasteiger partial charge is 0.258 e. The van der Waals surface area contributed by atoms with Crippen LogP contribution in [-0.2, 0) is 5.41 Å². The van der Waals surface area contributed by atoms with E-state index in [0.717, 1.165) is 11.1 Å². The second kappa shape index (κ2) is 4.03. The van der Waals surface area contributed by atoms with E-state index < -0.39 is 0 Å². The molecule has 0 spiro atoms. The minimum absolute atomic E-state index is 0.0963. The Bertz CT molecular complexity index is 707. The fraction of sp³-hybridized carbons (Fsp3) is 0.200. The molecule has 0 aromatic heterocycles. The highest BCUT2D eigenvalue weighted by Crippen LogP contribution is 2.50. The minimum Gasteiger partial charge on any atom is -0.258 e. The van der Waals surface area contributed by atoms with Crippen LogP contribution in [0.1, 0.15) is 25.0 Å². The van der Waals surface area contributed by atoms with Crippen LogP contribution < -0.4 is 0 Å². The molecular weight excluding hydrogens is 353 g/mol. The lowest BCUT2D eigenvalue weighted by Gasteiger charge is -2.21. The molecule has 0 heterocycles. The van der Waals surface area contributed by atoms with E-state index in [1.54, 1.807) is 6.07 Å². The van der Waals surface area contributed by atoms with E-state index in [1.165, 1.54) is 11.1 Å². The molecule has 19 heavy (non-hydrogen) atoms. The summed E-state index contributed by atoms with van der Waals surface area (Å²) in [5.41, 5.74) is 4.60. The van der Waals surface area contributed by atoms with Crippen molar-refractivity contribution in [2.75, 3.05) is 0 Å². The van der Waals surface area contributed by atoms with Crippen molar-refractivity contribution in [3.05, 3.63) is 61.2 Å². The van der Waals surface area contributed by atoms with Crippen molar-refractivity contribution in [3.63, 3.8) is 0 Å². The number of nitro benzene ring substituents is 1. The fourth-order valence-electron chi connectivity index (χ4n) is 2.85. The summed E-state index contributed by atoms with van der Waals surface area (Å²) in [6, 6.07) is 11.8. The molecule has 0 aliphatic heterocycles. The Morgan fingerprint density at radius 3 is 2.47 bits per heavy atom. The van der Waals surface area contributed by atoms with E-state index in [0.29, 0.717) is 3.57 Å². The molecule has 0 radical (unpaired) electrons. The van der Waals surface area contributed by atoms with E-state index >= 15 is 0 Å². The molecule has 3 rings (SSSR count). The third-order valence-corrected chi connectivity index (χ3v) is 4.71. The van der Waals surface area contributed by atoms with Gasteiger partial charge in [-0.15, -0.1) is 0 Å². The molecule has 0 amide bonds. The van der Waals surface area contributed by atoms with Gasteiger partial charge in [-0.05, 0) is 50.9 Å². The molecule has 0 fully saturated rings. The molecule has 0 saturated carbocycles. The zero-order valence-corrected chi connectivity index (χ0v) is 12.8. The zero-order chi connectivity index (χ0) is 13.8. The van der Waals surface area contributed by atoms with Crippen molar-refractivity contribution in [1.29, 1.82) is 0 Å². The van der Waals surface area contributed by atoms with Crippen LogP contribution in [0.2, 0.25) is 0 Å². The van der Waals surface area contributed by atoms with E-state index in [1.807, 2.05) is 46.9 Å². The summed E-state index contributed by atoms with van der Waals surface area (Å²) >= 11 is 2.04. The second-order valence-electron chi connectivity index (χ2n) is 5.28. The molecule has 0 unspecified atom stereocenters. The summed E-state index contributed by atoms with van der Waals surface area (Å²) in [5, 5.41) is 11.1. The Labute approximate surface area is 124 Å². The number of halogens is 1. The normalized spacial score (nSPS) is 14.9. The van der Waals surface area contributed by atoms with Gasteiger partial charge in [-0.25, -0.2) is 0 Å². The van der Waals surface area contributed by atoms with Gasteiger partial charge in [0.25, 0.3) is 5.69 Å². The highest BCUT2D eigenvalue weighted by atomic mass is 127. The topological polar surface area (TPSA) is 43.1 Å². The first kappa shape index (κ1) is 12.6. The first-order chi connectivity index (χ1) is 8.93. The van der Waals surface area contributed by atoms with Gasteiger partial charge in [0.15, 0.2) is 0 Å². The van der Waals surface area contributed by atoms with Crippen molar-refractivity contribution < 1.29 is 4.92 Å². The van der Waals surface area contributed by atoms with Crippen molar-refractivity contribution in [1.82, 2.24) is 0 Å². The van der Waals surface area contributed by atoms with Crippen LogP contribution in [-0.4, -0.2) is 4.92 Å². The van der Waals surface area contributed by atoms with Crippen LogP contribution in [0.3, 0.4) is 0 Å². The summed E-state index contributed by atoms with van der Waals surface area (Å²) in [7, 11) is 0. The molecule has 0 bridgehead atoms. The Morgan fingerprint density at radius 1 is 1.11 bits per heavy atom. The maximum Gasteiger partial charge on any atom is 0.283 e. The van der Waals surface area contributed by atoms with Crippen LogP contribution in [0.15, 0.2) is 36.4 Å². The Morgan fingerprint density at radius 2 is 1.79 bits per heavy atom. The lowest BCUT2D eigenvalue weighted by molar-refractivity contribution is -0.385. The van der Waals surface area contributed by atoms with E-state index in [2.05, 4.69) is 19.9 Å². The first-order valence-electron chi connectivity index (χ1n) is 6.01. The van der Waals surface area contributed by atoms with Crippen molar-refractivity contribution in [3.8, 4) is 11.1 Å². The maximum absolute atomic E-state index is 11.1. The second-order valence-corrected chi connectivity index (χ2v) is 6.44. The van der Waals surface area contributed by atoms with E-state index in [-0.39, 0.29) is 16.0 Å². The summed E-state index contributed by atoms with van der Waals surface area (Å²) in [5.74, 6) is 0. The predicted molar refractivity (Wildman–Crippen MR) is 83.4 cm³/mol. The molecule has 0 atom stereocenters. The van der Waals surface area contributed by atoms with Crippen LogP contribution in [0, 0.1) is 13.7 Å². The molecule has 0 N–H and O–H groups in total. The lowest BCUT2D eigenvalue weighted by Crippen LogP contribution is -2.15. The number of hydrogen-bond donors (Lipinski definition) is 0. The standard InChI is InChI=1S/C15H12INO2/c1-15(2)11-6-4-3-5-9(11)10-7-14(17(18)19)13(16)8-12(10)15/h3-8H,1-2H3. The number of hydrogen-bond acceptors (Lipinski definition) is 2. The van der Waals surface area contributed by atoms with Crippen LogP contribution in [0.4, 0.5) is 5.69 Å². The SMILES string of the molecule is CC1(C)c2ccccc2-c2cc([N+](=O)[O-])c(I)cc21. The average molecular weight is 365 g/mol. The summed E-state index contributed by atoms with van der Waals surface area (Å²) < 4.78 is 0.697. The van der Waals surface area contributed by atoms with E-state index in [4.69, 9.17) is 0 Å². The van der Waals surface area contributed by atoms with Gasteiger partial charge >= 0.3 is 0 Å². The third-order valence-electron chi connectivity index (χ3n) is 3.85. The van der Waals surface area contributed by atoms with Crippen LogP contribution >= 0.6 is 22.6 Å². The Kier molecular flexibility index (Phi) is 2.67. The van der Waals surface area contributed by atoms with Gasteiger partial charge in [0, 0.05) is 11.5 Å². The van der Waals surface area contributed by atoms with Gasteiger partial charge in [0.2, 0.25) is 0 Å². The summed E-state index contributed by atoms with van der Waals surface area (Å²) in [6.45, 7) is 4.33. The average Bonchev–Trinajstić information content (AvgIpc) is 2.58. The fourth-order valence-corrected chi connectivity index (χ4v) is 3.51. The minimum atomic E-state index is -0.310. The van der Waals surface area contributed by atoms with E-state index in [9.17, 15) is 10.1 Å². The maximum atomic E-state index is 11.1. The lowest BCUT2D eigenvalue weighted by atomic mass is 9.82. The monoisotopic (exact) mass is 365 g/mol. The highest BCUT2D eigenvalue weighted by molar-refractivity contribution is 14.1. The van der Waals surface area contributed by atoms with Gasteiger partial charge < -0.3 is 0 Å². The summed E-state index contributed by atoms with van der Waals surface area (Å²) in [4.78, 5) is 10.8. The Hall–Kier alpha value is -1.43. The predicted octanol–water partition coefficient (Wildman–Crippen LogP) is 4.51. The number of nitro groups is 1. The zero-order valence-electron chi connectivity index (χ0n) is 10.6. The van der Waals surface area contributed by atoms with Crippen molar-refractivity contribution >= 4 is 28.3 Å². The molecule has 0 saturated heterocycles. The molecular formula is C15H12INO2. The molecule has 96 valence electrons. The highest BCUT2D eigenvalue weighted by Gasteiger charge is 2.36. The molecule has 4 heteroatoms. The van der Waals surface area contributed by atoms with Gasteiger partial charge in [0.1, 0.15) is 0 Å². The largest absolute Gasteiger partial charge is 0.283 e. The van der Waals surface area contributed by atoms with Gasteiger partial charge in [-0.2, -0.15) is 0 Å². The molecule has 2 aromatic carbocycles. The Balaban J connectivity index is 2.37. The number of benzene rings is 2. The van der Waals surface area contributed by atoms with Crippen molar-refractivity contribution in [2.45, 2.75) is 19.3 Å². The van der Waals surface area contributed by atoms with Gasteiger partial charge in [0.05, 0.1) is 8.49 Å². The number of nitrogens with zero attached hydrogens (tertiary/aromatic N) is 1. The van der Waals surface area contributed by atoms with Gasteiger partial charge in [-0.1, -0.05) is 38.1 Å². The number of rotatable bonds is 1. The van der Waals surface area contributed by atoms with Gasteiger partial charge in [-0.3, -0.25) is 10.1 Å². The van der Waals surface area contributed by atoms with Crippen LogP contribution in [0.5, 0.6) is 0 Å².